The summed E-state index contributed by atoms with van der Waals surface area (Å²) in [5.74, 6) is -0.265. The maximum absolute atomic E-state index is 12.0. The lowest BCUT2D eigenvalue weighted by molar-refractivity contribution is -0.384. The molecule has 0 bridgehead atoms. The van der Waals surface area contributed by atoms with E-state index in [4.69, 9.17) is 11.6 Å². The number of rotatable bonds is 4. The van der Waals surface area contributed by atoms with E-state index >= 15 is 0 Å². The first-order valence-corrected chi connectivity index (χ1v) is 7.11. The number of amides is 1. The van der Waals surface area contributed by atoms with E-state index < -0.39 is 4.92 Å². The van der Waals surface area contributed by atoms with Crippen LogP contribution in [0.4, 0.5) is 11.4 Å². The Labute approximate surface area is 134 Å². The molecule has 2 aromatic rings. The van der Waals surface area contributed by atoms with Gasteiger partial charge in [0.05, 0.1) is 17.0 Å². The minimum atomic E-state index is -0.513. The maximum atomic E-state index is 12.0. The second-order valence-corrected chi connectivity index (χ2v) is 5.56. The van der Waals surface area contributed by atoms with Crippen molar-refractivity contribution in [3.05, 3.63) is 67.6 Å². The Kier molecular flexibility index (Phi) is 4.93. The fourth-order valence-electron chi connectivity index (χ4n) is 1.70. The number of nitro benzene ring substituents is 1. The molecule has 5 nitrogen and oxygen atoms in total. The number of hydrogen-bond donors (Lipinski definition) is 1. The van der Waals surface area contributed by atoms with Gasteiger partial charge in [-0.25, -0.2) is 0 Å². The summed E-state index contributed by atoms with van der Waals surface area (Å²) >= 11 is 9.02. The van der Waals surface area contributed by atoms with Crippen LogP contribution in [0.1, 0.15) is 5.56 Å². The molecule has 2 aromatic carbocycles. The van der Waals surface area contributed by atoms with Crippen LogP contribution in [-0.2, 0) is 11.2 Å². The zero-order chi connectivity index (χ0) is 15.4. The highest BCUT2D eigenvalue weighted by Crippen LogP contribution is 2.27. The Morgan fingerprint density at radius 3 is 2.52 bits per heavy atom. The van der Waals surface area contributed by atoms with Gasteiger partial charge in [0.15, 0.2) is 0 Å². The lowest BCUT2D eigenvalue weighted by atomic mass is 10.1. The normalized spacial score (nSPS) is 10.2. The van der Waals surface area contributed by atoms with Gasteiger partial charge in [0.1, 0.15) is 0 Å². The molecule has 2 rings (SSSR count). The SMILES string of the molecule is O=C(Cc1ccc(Cl)cc1)Nc1cc([N+](=O)[O-])ccc1Br. The number of nitrogens with zero attached hydrogens (tertiary/aromatic N) is 1. The molecule has 1 amide bonds. The van der Waals surface area contributed by atoms with Gasteiger partial charge in [0.25, 0.3) is 5.69 Å². The third kappa shape index (κ3) is 4.27. The Morgan fingerprint density at radius 2 is 1.90 bits per heavy atom. The zero-order valence-corrected chi connectivity index (χ0v) is 13.0. The molecule has 0 spiro atoms. The predicted octanol–water partition coefficient (Wildman–Crippen LogP) is 4.19. The molecule has 0 aliphatic carbocycles. The van der Waals surface area contributed by atoms with Crippen molar-refractivity contribution >= 4 is 44.8 Å². The van der Waals surface area contributed by atoms with E-state index in [1.807, 2.05) is 0 Å². The number of carbonyl (C=O) groups excluding carboxylic acids is 1. The van der Waals surface area contributed by atoms with E-state index in [2.05, 4.69) is 21.2 Å². The van der Waals surface area contributed by atoms with E-state index in [-0.39, 0.29) is 18.0 Å². The number of non-ortho nitro benzene ring substituents is 1. The van der Waals surface area contributed by atoms with Crippen LogP contribution in [0.2, 0.25) is 5.02 Å². The highest BCUT2D eigenvalue weighted by Gasteiger charge is 2.12. The largest absolute Gasteiger partial charge is 0.325 e. The van der Waals surface area contributed by atoms with Gasteiger partial charge in [-0.1, -0.05) is 23.7 Å². The smallest absolute Gasteiger partial charge is 0.271 e. The average molecular weight is 370 g/mol. The van der Waals surface area contributed by atoms with Gasteiger partial charge < -0.3 is 5.32 Å². The summed E-state index contributed by atoms with van der Waals surface area (Å²) in [6.45, 7) is 0. The van der Waals surface area contributed by atoms with Crippen molar-refractivity contribution < 1.29 is 9.72 Å². The predicted molar refractivity (Wildman–Crippen MR) is 84.6 cm³/mol. The monoisotopic (exact) mass is 368 g/mol. The maximum Gasteiger partial charge on any atom is 0.271 e. The van der Waals surface area contributed by atoms with Crippen molar-refractivity contribution in [1.29, 1.82) is 0 Å². The highest BCUT2D eigenvalue weighted by atomic mass is 79.9. The first kappa shape index (κ1) is 15.5. The highest BCUT2D eigenvalue weighted by molar-refractivity contribution is 9.10. The van der Waals surface area contributed by atoms with Crippen LogP contribution >= 0.6 is 27.5 Å². The molecule has 108 valence electrons. The summed E-state index contributed by atoms with van der Waals surface area (Å²) in [6.07, 6.45) is 0.159. The summed E-state index contributed by atoms with van der Waals surface area (Å²) in [5.41, 5.74) is 1.08. The third-order valence-corrected chi connectivity index (χ3v) is 3.66. The fraction of sp³-hybridized carbons (Fsp3) is 0.0714. The summed E-state index contributed by atoms with van der Waals surface area (Å²) in [5, 5.41) is 14.0. The summed E-state index contributed by atoms with van der Waals surface area (Å²) in [6, 6.07) is 11.1. The van der Waals surface area contributed by atoms with Crippen molar-refractivity contribution in [3.8, 4) is 0 Å². The second kappa shape index (κ2) is 6.69. The van der Waals surface area contributed by atoms with Crippen LogP contribution in [0.3, 0.4) is 0 Å². The molecule has 0 atom stereocenters. The van der Waals surface area contributed by atoms with Gasteiger partial charge in [-0.15, -0.1) is 0 Å². The van der Waals surface area contributed by atoms with Gasteiger partial charge in [0.2, 0.25) is 5.91 Å². The Balaban J connectivity index is 2.10. The van der Waals surface area contributed by atoms with Crippen LogP contribution in [0.25, 0.3) is 0 Å². The van der Waals surface area contributed by atoms with E-state index in [1.165, 1.54) is 18.2 Å². The summed E-state index contributed by atoms with van der Waals surface area (Å²) < 4.78 is 0.581. The average Bonchev–Trinajstić information content (AvgIpc) is 2.43. The number of benzene rings is 2. The number of nitrogens with one attached hydrogen (secondary N) is 1. The van der Waals surface area contributed by atoms with Gasteiger partial charge in [0, 0.05) is 21.6 Å². The minimum Gasteiger partial charge on any atom is -0.325 e. The van der Waals surface area contributed by atoms with Crippen LogP contribution in [-0.4, -0.2) is 10.8 Å². The van der Waals surface area contributed by atoms with Crippen molar-refractivity contribution in [3.63, 3.8) is 0 Å². The summed E-state index contributed by atoms with van der Waals surface area (Å²) in [7, 11) is 0. The van der Waals surface area contributed by atoms with E-state index in [1.54, 1.807) is 24.3 Å². The number of nitro groups is 1. The zero-order valence-electron chi connectivity index (χ0n) is 10.7. The number of hydrogen-bond acceptors (Lipinski definition) is 3. The number of anilines is 1. The summed E-state index contributed by atoms with van der Waals surface area (Å²) in [4.78, 5) is 22.2. The molecule has 0 radical (unpaired) electrons. The van der Waals surface area contributed by atoms with E-state index in [0.717, 1.165) is 5.56 Å². The van der Waals surface area contributed by atoms with Crippen LogP contribution in [0.15, 0.2) is 46.9 Å². The van der Waals surface area contributed by atoms with Gasteiger partial charge in [-0.05, 0) is 39.7 Å². The van der Waals surface area contributed by atoms with Gasteiger partial charge in [-0.3, -0.25) is 14.9 Å². The lowest BCUT2D eigenvalue weighted by Gasteiger charge is -2.07. The lowest BCUT2D eigenvalue weighted by Crippen LogP contribution is -2.14. The molecule has 0 unspecified atom stereocenters. The quantitative estimate of drug-likeness (QED) is 0.648. The molecule has 0 saturated carbocycles. The Hall–Kier alpha value is -1.92. The molecular formula is C14H10BrClN2O3. The standard InChI is InChI=1S/C14H10BrClN2O3/c15-12-6-5-11(18(20)21)8-13(12)17-14(19)7-9-1-3-10(16)4-2-9/h1-6,8H,7H2,(H,17,19). The molecule has 21 heavy (non-hydrogen) atoms. The number of carbonyl (C=O) groups is 1. The first-order valence-electron chi connectivity index (χ1n) is 5.94. The molecule has 7 heteroatoms. The molecule has 1 N–H and O–H groups in total. The Bertz CT molecular complexity index is 689. The van der Waals surface area contributed by atoms with Crippen LogP contribution < -0.4 is 5.32 Å². The first-order chi connectivity index (χ1) is 9.95. The van der Waals surface area contributed by atoms with Crippen molar-refractivity contribution in [2.75, 3.05) is 5.32 Å². The van der Waals surface area contributed by atoms with E-state index in [9.17, 15) is 14.9 Å². The molecule has 0 fully saturated rings. The van der Waals surface area contributed by atoms with Crippen molar-refractivity contribution in [1.82, 2.24) is 0 Å². The molecule has 0 heterocycles. The van der Waals surface area contributed by atoms with Crippen LogP contribution in [0.5, 0.6) is 0 Å². The topological polar surface area (TPSA) is 72.2 Å². The van der Waals surface area contributed by atoms with Gasteiger partial charge in [-0.2, -0.15) is 0 Å². The van der Waals surface area contributed by atoms with Crippen LogP contribution in [0, 0.1) is 10.1 Å². The molecule has 0 aliphatic rings. The fourth-order valence-corrected chi connectivity index (χ4v) is 2.18. The molecular weight excluding hydrogens is 360 g/mol. The molecule has 0 saturated heterocycles. The van der Waals surface area contributed by atoms with Gasteiger partial charge >= 0.3 is 0 Å². The second-order valence-electron chi connectivity index (χ2n) is 4.27. The van der Waals surface area contributed by atoms with Crippen molar-refractivity contribution in [2.24, 2.45) is 0 Å². The van der Waals surface area contributed by atoms with E-state index in [0.29, 0.717) is 15.2 Å². The van der Waals surface area contributed by atoms with Crippen molar-refractivity contribution in [2.45, 2.75) is 6.42 Å². The third-order valence-electron chi connectivity index (χ3n) is 2.71. The minimum absolute atomic E-state index is 0.0833. The Morgan fingerprint density at radius 1 is 1.24 bits per heavy atom. The molecule has 0 aliphatic heterocycles. The molecule has 0 aromatic heterocycles. The number of halogens is 2.